The minimum absolute atomic E-state index is 0.532. The van der Waals surface area contributed by atoms with Crippen LogP contribution in [0.15, 0.2) is 30.3 Å². The van der Waals surface area contributed by atoms with Crippen LogP contribution < -0.4 is 5.32 Å². The molecule has 0 aliphatic heterocycles. The van der Waals surface area contributed by atoms with Crippen molar-refractivity contribution in [3.63, 3.8) is 0 Å². The fourth-order valence-electron chi connectivity index (χ4n) is 6.56. The predicted octanol–water partition coefficient (Wildman–Crippen LogP) is 4.18. The first kappa shape index (κ1) is 16.5. The second kappa shape index (κ2) is 6.19. The highest BCUT2D eigenvalue weighted by molar-refractivity contribution is 5.60. The molecule has 0 unspecified atom stereocenters. The van der Waals surface area contributed by atoms with E-state index >= 15 is 0 Å². The molecule has 4 heteroatoms. The van der Waals surface area contributed by atoms with Gasteiger partial charge in [-0.2, -0.15) is 15.0 Å². The largest absolute Gasteiger partial charge is 0.308 e. The molecule has 1 atom stereocenters. The SMILES string of the molecule is C[C@H](NCc1nn(C)nc1-c1ccccc1)C12CC3CC(CC(C3)C1)C2. The lowest BCUT2D eigenvalue weighted by Gasteiger charge is -2.59. The lowest BCUT2D eigenvalue weighted by atomic mass is 9.48. The standard InChI is InChI=1S/C22H30N4/c1-15(22-11-16-8-17(12-22)10-18(9-16)13-22)23-14-20-21(25-26(2)24-20)19-6-4-3-5-7-19/h3-7,15-18,23H,8-14H2,1-2H3/t15-,16?,17?,18?,22?/m0/s1. The van der Waals surface area contributed by atoms with Gasteiger partial charge in [-0.3, -0.25) is 0 Å². The van der Waals surface area contributed by atoms with E-state index < -0.39 is 0 Å². The Morgan fingerprint density at radius 1 is 1.04 bits per heavy atom. The van der Waals surface area contributed by atoms with E-state index in [0.717, 1.165) is 41.2 Å². The molecule has 0 amide bonds. The van der Waals surface area contributed by atoms with Crippen LogP contribution in [-0.4, -0.2) is 21.0 Å². The molecule has 1 N–H and O–H groups in total. The highest BCUT2D eigenvalue weighted by Gasteiger charge is 2.52. The van der Waals surface area contributed by atoms with Crippen molar-refractivity contribution >= 4 is 0 Å². The predicted molar refractivity (Wildman–Crippen MR) is 103 cm³/mol. The van der Waals surface area contributed by atoms with E-state index in [1.807, 2.05) is 13.1 Å². The summed E-state index contributed by atoms with van der Waals surface area (Å²) in [5.74, 6) is 3.01. The Kier molecular flexibility index (Phi) is 3.93. The number of rotatable bonds is 5. The molecular formula is C22H30N4. The third-order valence-electron chi connectivity index (χ3n) is 7.41. The van der Waals surface area contributed by atoms with E-state index in [1.54, 1.807) is 4.80 Å². The smallest absolute Gasteiger partial charge is 0.117 e. The lowest BCUT2D eigenvalue weighted by Crippen LogP contribution is -2.54. The zero-order valence-electron chi connectivity index (χ0n) is 16.0. The van der Waals surface area contributed by atoms with Crippen LogP contribution in [0.3, 0.4) is 0 Å². The highest BCUT2D eigenvalue weighted by Crippen LogP contribution is 2.61. The summed E-state index contributed by atoms with van der Waals surface area (Å²) < 4.78 is 0. The van der Waals surface area contributed by atoms with Gasteiger partial charge in [-0.25, -0.2) is 0 Å². The monoisotopic (exact) mass is 350 g/mol. The summed E-state index contributed by atoms with van der Waals surface area (Å²) in [6, 6.07) is 11.0. The Bertz CT molecular complexity index is 743. The molecular weight excluding hydrogens is 320 g/mol. The fourth-order valence-corrected chi connectivity index (χ4v) is 6.56. The molecule has 4 fully saturated rings. The van der Waals surface area contributed by atoms with Crippen LogP contribution in [0.1, 0.15) is 51.1 Å². The van der Waals surface area contributed by atoms with Gasteiger partial charge in [-0.15, -0.1) is 0 Å². The van der Waals surface area contributed by atoms with Gasteiger partial charge in [0.05, 0.1) is 0 Å². The van der Waals surface area contributed by atoms with Crippen molar-refractivity contribution < 1.29 is 0 Å². The molecule has 4 aliphatic carbocycles. The molecule has 4 saturated carbocycles. The molecule has 1 aromatic heterocycles. The van der Waals surface area contributed by atoms with Crippen LogP contribution in [0.5, 0.6) is 0 Å². The number of hydrogen-bond acceptors (Lipinski definition) is 3. The quantitative estimate of drug-likeness (QED) is 0.880. The number of hydrogen-bond donors (Lipinski definition) is 1. The first-order valence-electron chi connectivity index (χ1n) is 10.3. The highest BCUT2D eigenvalue weighted by atomic mass is 15.5. The molecule has 6 rings (SSSR count). The van der Waals surface area contributed by atoms with Gasteiger partial charge < -0.3 is 5.32 Å². The van der Waals surface area contributed by atoms with Crippen molar-refractivity contribution in [3.05, 3.63) is 36.0 Å². The topological polar surface area (TPSA) is 42.7 Å². The van der Waals surface area contributed by atoms with E-state index in [1.165, 1.54) is 38.5 Å². The summed E-state index contributed by atoms with van der Waals surface area (Å²) in [6.07, 6.45) is 8.86. The molecule has 1 aromatic carbocycles. The number of nitrogens with zero attached hydrogens (tertiary/aromatic N) is 3. The fraction of sp³-hybridized carbons (Fsp3) is 0.636. The van der Waals surface area contributed by atoms with Gasteiger partial charge in [0.25, 0.3) is 0 Å². The van der Waals surface area contributed by atoms with Gasteiger partial charge in [0.1, 0.15) is 11.4 Å². The summed E-state index contributed by atoms with van der Waals surface area (Å²) in [5, 5.41) is 13.1. The maximum Gasteiger partial charge on any atom is 0.117 e. The summed E-state index contributed by atoms with van der Waals surface area (Å²) in [7, 11) is 1.92. The van der Waals surface area contributed by atoms with Crippen molar-refractivity contribution in [1.29, 1.82) is 0 Å². The maximum atomic E-state index is 4.65. The van der Waals surface area contributed by atoms with E-state index in [0.29, 0.717) is 11.5 Å². The van der Waals surface area contributed by atoms with Crippen LogP contribution in [-0.2, 0) is 13.6 Å². The van der Waals surface area contributed by atoms with Gasteiger partial charge in [0, 0.05) is 25.2 Å². The molecule has 0 radical (unpaired) electrons. The van der Waals surface area contributed by atoms with E-state index in [2.05, 4.69) is 46.7 Å². The number of nitrogens with one attached hydrogen (secondary N) is 1. The van der Waals surface area contributed by atoms with Gasteiger partial charge in [0.2, 0.25) is 0 Å². The van der Waals surface area contributed by atoms with Gasteiger partial charge in [0.15, 0.2) is 0 Å². The van der Waals surface area contributed by atoms with Crippen molar-refractivity contribution in [3.8, 4) is 11.3 Å². The molecule has 4 aliphatic rings. The maximum absolute atomic E-state index is 4.65. The number of benzene rings is 1. The third-order valence-corrected chi connectivity index (χ3v) is 7.41. The van der Waals surface area contributed by atoms with Gasteiger partial charge in [-0.1, -0.05) is 30.3 Å². The first-order valence-corrected chi connectivity index (χ1v) is 10.3. The zero-order valence-corrected chi connectivity index (χ0v) is 16.0. The van der Waals surface area contributed by atoms with Crippen molar-refractivity contribution in [1.82, 2.24) is 20.3 Å². The number of aromatic nitrogens is 3. The second-order valence-corrected chi connectivity index (χ2v) is 9.23. The van der Waals surface area contributed by atoms with Crippen LogP contribution in [0, 0.1) is 23.2 Å². The Balaban J connectivity index is 1.33. The van der Waals surface area contributed by atoms with Gasteiger partial charge >= 0.3 is 0 Å². The minimum atomic E-state index is 0.532. The normalized spacial score (nSPS) is 33.5. The lowest BCUT2D eigenvalue weighted by molar-refractivity contribution is -0.0707. The van der Waals surface area contributed by atoms with Crippen LogP contribution in [0.2, 0.25) is 0 Å². The third kappa shape index (κ3) is 2.79. The van der Waals surface area contributed by atoms with E-state index in [4.69, 9.17) is 0 Å². The second-order valence-electron chi connectivity index (χ2n) is 9.23. The Hall–Kier alpha value is -1.68. The van der Waals surface area contributed by atoms with Crippen molar-refractivity contribution in [2.45, 2.75) is 58.0 Å². The Morgan fingerprint density at radius 2 is 1.65 bits per heavy atom. The van der Waals surface area contributed by atoms with E-state index in [9.17, 15) is 0 Å². The average Bonchev–Trinajstić information content (AvgIpc) is 3.00. The summed E-state index contributed by atoms with van der Waals surface area (Å²) in [6.45, 7) is 3.23. The molecule has 26 heavy (non-hydrogen) atoms. The Morgan fingerprint density at radius 3 is 2.27 bits per heavy atom. The summed E-state index contributed by atoms with van der Waals surface area (Å²) in [5.41, 5.74) is 3.76. The molecule has 4 nitrogen and oxygen atoms in total. The Labute approximate surface area is 156 Å². The minimum Gasteiger partial charge on any atom is -0.308 e. The van der Waals surface area contributed by atoms with Crippen molar-refractivity contribution in [2.75, 3.05) is 0 Å². The van der Waals surface area contributed by atoms with E-state index in [-0.39, 0.29) is 0 Å². The summed E-state index contributed by atoms with van der Waals surface area (Å²) in [4.78, 5) is 1.70. The van der Waals surface area contributed by atoms with Crippen LogP contribution >= 0.6 is 0 Å². The number of aryl methyl sites for hydroxylation is 1. The van der Waals surface area contributed by atoms with Crippen LogP contribution in [0.4, 0.5) is 0 Å². The molecule has 2 aromatic rings. The van der Waals surface area contributed by atoms with Crippen molar-refractivity contribution in [2.24, 2.45) is 30.2 Å². The van der Waals surface area contributed by atoms with Crippen LogP contribution in [0.25, 0.3) is 11.3 Å². The average molecular weight is 351 g/mol. The zero-order chi connectivity index (χ0) is 17.7. The molecule has 1 heterocycles. The molecule has 138 valence electrons. The molecule has 0 saturated heterocycles. The van der Waals surface area contributed by atoms with Gasteiger partial charge in [-0.05, 0) is 68.6 Å². The first-order chi connectivity index (χ1) is 12.6. The molecule has 0 spiro atoms. The molecule has 4 bridgehead atoms. The summed E-state index contributed by atoms with van der Waals surface area (Å²) >= 11 is 0.